The van der Waals surface area contributed by atoms with Crippen LogP contribution in [0.4, 0.5) is 17.1 Å². The molecule has 0 radical (unpaired) electrons. The quantitative estimate of drug-likeness (QED) is 0.0579. The molecule has 0 unspecified atom stereocenters. The van der Waals surface area contributed by atoms with Crippen LogP contribution in [0.15, 0.2) is 127 Å². The van der Waals surface area contributed by atoms with Crippen LogP contribution in [0.25, 0.3) is 0 Å². The number of rotatable bonds is 15. The van der Waals surface area contributed by atoms with Gasteiger partial charge in [-0.15, -0.1) is 0 Å². The molecule has 84 heavy (non-hydrogen) atoms. The molecule has 0 aromatic heterocycles. The van der Waals surface area contributed by atoms with E-state index in [2.05, 4.69) is 129 Å². The lowest BCUT2D eigenvalue weighted by molar-refractivity contribution is -0.138. The normalized spacial score (nSPS) is 19.0. The molecule has 444 valence electrons. The van der Waals surface area contributed by atoms with Gasteiger partial charge in [0.25, 0.3) is 17.7 Å². The van der Waals surface area contributed by atoms with Crippen LogP contribution < -0.4 is 16.0 Å². The largest absolute Gasteiger partial charge is 0.481 e. The molecule has 0 spiro atoms. The van der Waals surface area contributed by atoms with Crippen LogP contribution in [0.1, 0.15) is 233 Å². The second-order valence-electron chi connectivity index (χ2n) is 26.3. The smallest absolute Gasteiger partial charge is 0.303 e. The Kier molecular flexibility index (Phi) is 16.1. The molecular weight excluding hydrogens is 1050 g/mol. The van der Waals surface area contributed by atoms with Crippen molar-refractivity contribution in [3.63, 3.8) is 0 Å². The van der Waals surface area contributed by atoms with Gasteiger partial charge in [-0.25, -0.2) is 0 Å². The van der Waals surface area contributed by atoms with Crippen molar-refractivity contribution in [2.24, 2.45) is 0 Å². The molecule has 12 nitrogen and oxygen atoms in total. The fourth-order valence-corrected chi connectivity index (χ4v) is 11.3. The molecule has 0 heterocycles. The number of hydrogen-bond donors (Lipinski definition) is 6. The van der Waals surface area contributed by atoms with Crippen molar-refractivity contribution in [3.8, 4) is 0 Å². The summed E-state index contributed by atoms with van der Waals surface area (Å²) in [4.78, 5) is 71.1. The highest BCUT2D eigenvalue weighted by Crippen LogP contribution is 2.49. The lowest BCUT2D eigenvalue weighted by Crippen LogP contribution is -2.33. The topological polar surface area (TPSA) is 199 Å². The van der Waals surface area contributed by atoms with E-state index in [0.29, 0.717) is 22.4 Å². The van der Waals surface area contributed by atoms with E-state index in [4.69, 9.17) is 26.3 Å². The Morgan fingerprint density at radius 3 is 0.917 bits per heavy atom. The van der Waals surface area contributed by atoms with E-state index in [1.807, 2.05) is 24.3 Å². The fourth-order valence-electron chi connectivity index (χ4n) is 11.3. The third-order valence-corrected chi connectivity index (χ3v) is 17.0. The van der Waals surface area contributed by atoms with E-state index in [9.17, 15) is 28.8 Å². The molecule has 3 aliphatic carbocycles. The van der Waals surface area contributed by atoms with Crippen molar-refractivity contribution >= 4 is 52.7 Å². The SMILES string of the molecule is [2H]C([2H])(C(=O)O)C([2H])([2H])c1ccc(C(=O)Nc2ccc3c(c2)C(C)(C)CCC3(C)C)cc1.[2H]C([2H])(CC(=O)O)c1ccc(C(=O)Nc2ccc3c(c2)C(C)(C)CCC3(C)C)cc1.[2H]C([2H])(Cc1ccc(C(=O)Nc2ccc3c(c2)C(C)(C)CCC3(C)C)cc1)C(=O)O. The van der Waals surface area contributed by atoms with Crippen LogP contribution in [0.3, 0.4) is 0 Å². The zero-order chi connectivity index (χ0) is 68.8. The van der Waals surface area contributed by atoms with Crippen LogP contribution in [-0.2, 0) is 66.0 Å². The first-order chi connectivity index (χ1) is 42.2. The van der Waals surface area contributed by atoms with Gasteiger partial charge in [-0.1, -0.05) is 138 Å². The lowest BCUT2D eigenvalue weighted by Gasteiger charge is -2.42. The molecule has 0 fully saturated rings. The molecule has 6 aromatic carbocycles. The Balaban J connectivity index is 0.000000196. The molecular formula is C72H87N3O9. The van der Waals surface area contributed by atoms with E-state index >= 15 is 0 Å². The number of benzene rings is 6. The number of carbonyl (C=O) groups excluding carboxylic acids is 3. The first-order valence-corrected chi connectivity index (χ1v) is 28.6. The molecule has 9 rings (SSSR count). The minimum Gasteiger partial charge on any atom is -0.481 e. The molecule has 3 aliphatic rings. The summed E-state index contributed by atoms with van der Waals surface area (Å²) in [5, 5.41) is 35.6. The zero-order valence-electron chi connectivity index (χ0n) is 58.6. The van der Waals surface area contributed by atoms with Crippen molar-refractivity contribution in [3.05, 3.63) is 194 Å². The summed E-state index contributed by atoms with van der Waals surface area (Å²) >= 11 is 0. The Hall–Kier alpha value is -7.86. The maximum atomic E-state index is 12.8. The Morgan fingerprint density at radius 2 is 0.631 bits per heavy atom. The van der Waals surface area contributed by atoms with E-state index in [-0.39, 0.29) is 73.3 Å². The maximum Gasteiger partial charge on any atom is 0.303 e. The monoisotopic (exact) mass is 1150 g/mol. The summed E-state index contributed by atoms with van der Waals surface area (Å²) in [6, 6.07) is 35.8. The van der Waals surface area contributed by atoms with Crippen molar-refractivity contribution in [1.82, 2.24) is 0 Å². The van der Waals surface area contributed by atoms with Crippen LogP contribution in [0, 0.1) is 0 Å². The minimum absolute atomic E-state index is 0.00196. The van der Waals surface area contributed by atoms with Crippen molar-refractivity contribution in [2.45, 2.75) is 192 Å². The number of amides is 3. The van der Waals surface area contributed by atoms with Crippen LogP contribution in [0.5, 0.6) is 0 Å². The molecule has 6 N–H and O–H groups in total. The van der Waals surface area contributed by atoms with Crippen molar-refractivity contribution < 1.29 is 55.1 Å². The van der Waals surface area contributed by atoms with Crippen LogP contribution in [0.2, 0.25) is 0 Å². The van der Waals surface area contributed by atoms with Gasteiger partial charge >= 0.3 is 17.9 Å². The third-order valence-electron chi connectivity index (χ3n) is 17.0. The summed E-state index contributed by atoms with van der Waals surface area (Å²) in [7, 11) is 0. The van der Waals surface area contributed by atoms with Gasteiger partial charge in [0.05, 0.1) is 0 Å². The van der Waals surface area contributed by atoms with Gasteiger partial charge in [-0.3, -0.25) is 28.8 Å². The van der Waals surface area contributed by atoms with Crippen molar-refractivity contribution in [1.29, 1.82) is 0 Å². The van der Waals surface area contributed by atoms with Gasteiger partial charge in [0.1, 0.15) is 0 Å². The summed E-state index contributed by atoms with van der Waals surface area (Å²) in [6.07, 6.45) is -4.49. The molecule has 3 amide bonds. The molecule has 0 saturated heterocycles. The first kappa shape index (κ1) is 52.9. The summed E-state index contributed by atoms with van der Waals surface area (Å²) < 4.78 is 61.8. The molecule has 0 bridgehead atoms. The van der Waals surface area contributed by atoms with Crippen molar-refractivity contribution in [2.75, 3.05) is 16.0 Å². The Morgan fingerprint density at radius 1 is 0.357 bits per heavy atom. The van der Waals surface area contributed by atoms with E-state index < -0.39 is 49.8 Å². The van der Waals surface area contributed by atoms with Crippen LogP contribution >= 0.6 is 0 Å². The number of nitrogens with one attached hydrogen (secondary N) is 3. The molecule has 6 aromatic rings. The molecule has 0 aliphatic heterocycles. The summed E-state index contributed by atoms with van der Waals surface area (Å²) in [6.45, 7) is 26.8. The zero-order valence-corrected chi connectivity index (χ0v) is 50.6. The highest BCUT2D eigenvalue weighted by Gasteiger charge is 2.39. The molecule has 0 atom stereocenters. The number of aliphatic carboxylic acids is 3. The van der Waals surface area contributed by atoms with Gasteiger partial charge in [0.15, 0.2) is 0 Å². The summed E-state index contributed by atoms with van der Waals surface area (Å²) in [5.41, 5.74) is 11.9. The predicted molar refractivity (Wildman–Crippen MR) is 336 cm³/mol. The summed E-state index contributed by atoms with van der Waals surface area (Å²) in [5.74, 6) is -5.51. The number of hydrogen-bond acceptors (Lipinski definition) is 6. The average molecular weight is 1150 g/mol. The number of carboxylic acid groups (broad SMARTS) is 3. The molecule has 12 heteroatoms. The van der Waals surface area contributed by atoms with E-state index in [1.54, 1.807) is 24.3 Å². The third kappa shape index (κ3) is 16.1. The first-order valence-electron chi connectivity index (χ1n) is 32.6. The molecule has 0 saturated carbocycles. The standard InChI is InChI=1S/3C24H29NO3/c3*1-23(2)13-14-24(3,4)20-15-18(10-11-19(20)23)25-22(28)17-8-5-16(6-9-17)7-12-21(26)27/h3*5-6,8-11,15H,7,12-14H2,1-4H3,(H,25,28)(H,26,27)/i7D2,12D2;12D2;7D2. The Labute approximate surface area is 508 Å². The van der Waals surface area contributed by atoms with Crippen LogP contribution in [-0.4, -0.2) is 50.9 Å². The van der Waals surface area contributed by atoms with E-state index in [1.165, 1.54) is 81.9 Å². The van der Waals surface area contributed by atoms with Gasteiger partial charge in [-0.05, 0) is 213 Å². The number of aryl methyl sites for hydroxylation is 3. The van der Waals surface area contributed by atoms with E-state index in [0.717, 1.165) is 49.9 Å². The minimum atomic E-state index is -3.11. The second-order valence-corrected chi connectivity index (χ2v) is 26.3. The van der Waals surface area contributed by atoms with Gasteiger partial charge in [-0.2, -0.15) is 0 Å². The second kappa shape index (κ2) is 25.6. The van der Waals surface area contributed by atoms with Gasteiger partial charge < -0.3 is 31.3 Å². The maximum absolute atomic E-state index is 12.8. The highest BCUT2D eigenvalue weighted by atomic mass is 16.4. The Bertz CT molecular complexity index is 3800. The number of anilines is 3. The predicted octanol–water partition coefficient (Wildman–Crippen LogP) is 15.9. The number of fused-ring (bicyclic) bond motifs is 3. The number of carbonyl (C=O) groups is 6. The average Bonchev–Trinajstić information content (AvgIpc) is 0.779. The fraction of sp³-hybridized carbons (Fsp3) is 0.417. The lowest BCUT2D eigenvalue weighted by atomic mass is 9.63. The van der Waals surface area contributed by atoms with Gasteiger partial charge in [0.2, 0.25) is 0 Å². The van der Waals surface area contributed by atoms with Gasteiger partial charge in [0, 0.05) is 63.9 Å². The number of carboxylic acids is 3. The highest BCUT2D eigenvalue weighted by molar-refractivity contribution is 6.05.